The molecule has 6 aromatic carbocycles. The number of phenols is 5. The SMILES string of the molecule is O=S(=O)(O)c1cc(O)c2c(O)c(N=Nc3ccc(-c4ccc(N=Nc5cc(S(=O)(=O)O)c6ccccc6c5O)c(O)c4)cc3O)c(S(=O)(=O)O)cc2c1. The molecule has 6 aromatic rings. The van der Waals surface area contributed by atoms with E-state index >= 15 is 0 Å². The molecule has 0 atom stereocenters. The van der Waals surface area contributed by atoms with E-state index in [0.717, 1.165) is 12.1 Å². The van der Waals surface area contributed by atoms with Gasteiger partial charge < -0.3 is 25.5 Å². The van der Waals surface area contributed by atoms with E-state index in [-0.39, 0.29) is 27.8 Å². The van der Waals surface area contributed by atoms with Gasteiger partial charge in [-0.3, -0.25) is 13.7 Å². The van der Waals surface area contributed by atoms with E-state index in [2.05, 4.69) is 20.5 Å². The fourth-order valence-corrected chi connectivity index (χ4v) is 7.18. The van der Waals surface area contributed by atoms with Crippen LogP contribution in [0.2, 0.25) is 0 Å². The molecule has 0 aromatic heterocycles. The second-order valence-electron chi connectivity index (χ2n) is 11.1. The fraction of sp³-hybridized carbons (Fsp3) is 0. The van der Waals surface area contributed by atoms with Crippen LogP contribution in [0, 0.1) is 0 Å². The molecule has 0 spiro atoms. The molecule has 21 heteroatoms. The Labute approximate surface area is 298 Å². The van der Waals surface area contributed by atoms with Crippen molar-refractivity contribution in [3.8, 4) is 39.9 Å². The van der Waals surface area contributed by atoms with Crippen LogP contribution in [0.3, 0.4) is 0 Å². The van der Waals surface area contributed by atoms with Crippen molar-refractivity contribution in [1.82, 2.24) is 0 Å². The highest BCUT2D eigenvalue weighted by Gasteiger charge is 2.26. The van der Waals surface area contributed by atoms with Crippen molar-refractivity contribution in [1.29, 1.82) is 0 Å². The Kier molecular flexibility index (Phi) is 9.02. The molecule has 272 valence electrons. The Hall–Kier alpha value is -6.23. The van der Waals surface area contributed by atoms with Crippen molar-refractivity contribution < 1.29 is 64.4 Å². The summed E-state index contributed by atoms with van der Waals surface area (Å²) in [6.45, 7) is 0. The lowest BCUT2D eigenvalue weighted by Crippen LogP contribution is -2.01. The largest absolute Gasteiger partial charge is 0.507 e. The van der Waals surface area contributed by atoms with Gasteiger partial charge in [0.2, 0.25) is 0 Å². The third kappa shape index (κ3) is 7.15. The van der Waals surface area contributed by atoms with E-state index in [1.165, 1.54) is 60.7 Å². The van der Waals surface area contributed by atoms with Crippen molar-refractivity contribution in [3.05, 3.63) is 84.9 Å². The van der Waals surface area contributed by atoms with Gasteiger partial charge in [-0.1, -0.05) is 36.4 Å². The molecular formula is C32H22N4O14S3. The smallest absolute Gasteiger partial charge is 0.296 e. The molecule has 0 amide bonds. The number of aromatic hydroxyl groups is 5. The number of hydrogen-bond acceptors (Lipinski definition) is 15. The zero-order valence-corrected chi connectivity index (χ0v) is 28.6. The Balaban J connectivity index is 1.31. The third-order valence-corrected chi connectivity index (χ3v) is 10.3. The molecule has 0 radical (unpaired) electrons. The van der Waals surface area contributed by atoms with E-state index in [4.69, 9.17) is 0 Å². The Bertz CT molecular complexity index is 2930. The summed E-state index contributed by atoms with van der Waals surface area (Å²) in [6.07, 6.45) is 0. The van der Waals surface area contributed by atoms with Crippen LogP contribution in [0.25, 0.3) is 32.7 Å². The topological polar surface area (TPSA) is 314 Å². The number of hydrogen-bond donors (Lipinski definition) is 8. The fourth-order valence-electron chi connectivity index (χ4n) is 5.27. The van der Waals surface area contributed by atoms with Crippen LogP contribution in [-0.4, -0.2) is 64.4 Å². The van der Waals surface area contributed by atoms with Gasteiger partial charge in [-0.15, -0.1) is 20.5 Å². The molecule has 0 aliphatic rings. The minimum Gasteiger partial charge on any atom is -0.507 e. The van der Waals surface area contributed by atoms with Gasteiger partial charge in [0, 0.05) is 16.8 Å². The summed E-state index contributed by atoms with van der Waals surface area (Å²) in [4.78, 5) is -2.42. The lowest BCUT2D eigenvalue weighted by atomic mass is 10.0. The lowest BCUT2D eigenvalue weighted by Gasteiger charge is -2.11. The molecule has 0 aliphatic heterocycles. The van der Waals surface area contributed by atoms with Crippen molar-refractivity contribution in [2.24, 2.45) is 20.5 Å². The molecule has 0 aliphatic carbocycles. The molecule has 0 saturated carbocycles. The van der Waals surface area contributed by atoms with Crippen molar-refractivity contribution >= 4 is 74.6 Å². The average molecular weight is 783 g/mol. The van der Waals surface area contributed by atoms with Gasteiger partial charge >= 0.3 is 0 Å². The molecule has 0 heterocycles. The van der Waals surface area contributed by atoms with E-state index < -0.39 is 90.2 Å². The summed E-state index contributed by atoms with van der Waals surface area (Å²) in [6, 6.07) is 16.6. The predicted molar refractivity (Wildman–Crippen MR) is 186 cm³/mol. The predicted octanol–water partition coefficient (Wildman–Crippen LogP) is 6.76. The normalized spacial score (nSPS) is 12.7. The van der Waals surface area contributed by atoms with Gasteiger partial charge in [-0.25, -0.2) is 0 Å². The van der Waals surface area contributed by atoms with Gasteiger partial charge in [0.1, 0.15) is 49.8 Å². The van der Waals surface area contributed by atoms with Gasteiger partial charge in [0.15, 0.2) is 11.5 Å². The van der Waals surface area contributed by atoms with Crippen molar-refractivity contribution in [2.75, 3.05) is 0 Å². The minimum atomic E-state index is -5.17. The molecular weight excluding hydrogens is 761 g/mol. The van der Waals surface area contributed by atoms with Crippen LogP contribution in [0.15, 0.2) is 120 Å². The molecule has 53 heavy (non-hydrogen) atoms. The number of phenolic OH excluding ortho intramolecular Hbond substituents is 5. The first-order valence-corrected chi connectivity index (χ1v) is 18.8. The lowest BCUT2D eigenvalue weighted by molar-refractivity contribution is 0.457. The average Bonchev–Trinajstić information content (AvgIpc) is 3.06. The molecule has 0 saturated heterocycles. The van der Waals surface area contributed by atoms with Gasteiger partial charge in [-0.05, 0) is 59.0 Å². The van der Waals surface area contributed by atoms with Crippen LogP contribution in [0.1, 0.15) is 0 Å². The van der Waals surface area contributed by atoms with E-state index in [1.54, 1.807) is 0 Å². The molecule has 8 N–H and O–H groups in total. The number of rotatable bonds is 8. The standard InChI is InChI=1S/C32H22N4O14S3/c37-24-10-15(5-7-21(24)33-35-23-14-27(52(45,46)47)19-3-1-2-4-20(19)31(23)40)16-6-8-22(25(38)11-16)34-36-30-28(53(48,49)50)12-17-9-18(51(42,43)44)13-26(39)29(17)32(30)41/h1-14,37-41H,(H,42,43,44)(H,45,46,47)(H,48,49,50). The summed E-state index contributed by atoms with van der Waals surface area (Å²) in [5, 5.41) is 67.5. The first-order valence-electron chi connectivity index (χ1n) is 14.4. The van der Waals surface area contributed by atoms with Gasteiger partial charge in [0.25, 0.3) is 30.4 Å². The Morgan fingerprint density at radius 3 is 1.51 bits per heavy atom. The number of fused-ring (bicyclic) bond motifs is 2. The van der Waals surface area contributed by atoms with Crippen molar-refractivity contribution in [3.63, 3.8) is 0 Å². The van der Waals surface area contributed by atoms with Gasteiger partial charge in [-0.2, -0.15) is 25.3 Å². The van der Waals surface area contributed by atoms with E-state index in [1.807, 2.05) is 0 Å². The molecule has 0 fully saturated rings. The van der Waals surface area contributed by atoms with Crippen LogP contribution >= 0.6 is 0 Å². The number of nitrogens with zero attached hydrogens (tertiary/aromatic N) is 4. The zero-order chi connectivity index (χ0) is 38.6. The van der Waals surface area contributed by atoms with E-state index in [0.29, 0.717) is 23.3 Å². The monoisotopic (exact) mass is 782 g/mol. The maximum Gasteiger partial charge on any atom is 0.296 e. The van der Waals surface area contributed by atoms with Crippen LogP contribution in [-0.2, 0) is 30.4 Å². The van der Waals surface area contributed by atoms with Crippen LogP contribution < -0.4 is 0 Å². The zero-order valence-electron chi connectivity index (χ0n) is 26.1. The molecule has 0 unspecified atom stereocenters. The second kappa shape index (κ2) is 13.1. The third-order valence-electron chi connectivity index (χ3n) is 7.72. The Morgan fingerprint density at radius 1 is 0.453 bits per heavy atom. The van der Waals surface area contributed by atoms with Crippen LogP contribution in [0.4, 0.5) is 22.7 Å². The maximum atomic E-state index is 12.2. The molecule has 6 rings (SSSR count). The quantitative estimate of drug-likeness (QED) is 0.0584. The highest BCUT2D eigenvalue weighted by molar-refractivity contribution is 7.86. The molecule has 0 bridgehead atoms. The Morgan fingerprint density at radius 2 is 0.981 bits per heavy atom. The highest BCUT2D eigenvalue weighted by Crippen LogP contribution is 2.46. The first kappa shape index (κ1) is 36.6. The minimum absolute atomic E-state index is 0.0449. The summed E-state index contributed by atoms with van der Waals surface area (Å²) in [7, 11) is -14.8. The maximum absolute atomic E-state index is 12.2. The summed E-state index contributed by atoms with van der Waals surface area (Å²) >= 11 is 0. The van der Waals surface area contributed by atoms with Crippen LogP contribution in [0.5, 0.6) is 28.7 Å². The summed E-state index contributed by atoms with van der Waals surface area (Å²) < 4.78 is 100. The first-order chi connectivity index (χ1) is 24.7. The summed E-state index contributed by atoms with van der Waals surface area (Å²) in [5.74, 6) is -3.34. The van der Waals surface area contributed by atoms with E-state index in [9.17, 15) is 64.4 Å². The second-order valence-corrected chi connectivity index (χ2v) is 15.3. The number of azo groups is 2. The number of benzene rings is 6. The van der Waals surface area contributed by atoms with Crippen molar-refractivity contribution in [2.45, 2.75) is 14.7 Å². The highest BCUT2D eigenvalue weighted by atomic mass is 32.2. The van der Waals surface area contributed by atoms with Gasteiger partial charge in [0.05, 0.1) is 10.3 Å². The molecule has 18 nitrogen and oxygen atoms in total. The summed E-state index contributed by atoms with van der Waals surface area (Å²) in [5.41, 5.74) is -0.985.